The Labute approximate surface area is 190 Å². The minimum absolute atomic E-state index is 0.184. The van der Waals surface area contributed by atoms with Crippen LogP contribution >= 0.6 is 12.2 Å². The van der Waals surface area contributed by atoms with Crippen LogP contribution in [-0.4, -0.2) is 63.1 Å². The van der Waals surface area contributed by atoms with Crippen molar-refractivity contribution in [2.75, 3.05) is 13.7 Å². The van der Waals surface area contributed by atoms with Gasteiger partial charge in [-0.05, 0) is 48.9 Å². The first-order valence-corrected chi connectivity index (χ1v) is 11.0. The monoisotopic (exact) mass is 458 g/mol. The number of aromatic nitrogens is 1. The Hall–Kier alpha value is -2.32. The number of pyridine rings is 1. The van der Waals surface area contributed by atoms with Crippen LogP contribution in [0.2, 0.25) is 0 Å². The molecule has 0 saturated carbocycles. The van der Waals surface area contributed by atoms with Gasteiger partial charge >= 0.3 is 0 Å². The maximum absolute atomic E-state index is 10.7. The Balaban J connectivity index is 1.94. The molecule has 2 aromatic rings. The number of fused-ring (bicyclic) bond motifs is 1. The second kappa shape index (κ2) is 9.27. The molecule has 32 heavy (non-hydrogen) atoms. The van der Waals surface area contributed by atoms with Gasteiger partial charge in [0.15, 0.2) is 6.23 Å². The summed E-state index contributed by atoms with van der Waals surface area (Å²) in [6.07, 6.45) is -3.47. The molecule has 1 aromatic carbocycles. The standard InChI is InChI=1S/C23H26N2O6S/c1-30-13-8-6-12(7-9-13)18-14-4-2-3-5-16(14)25(23(32)15(18)10-24)22-21(29)20(28)19(27)17(11-26)31-22/h6-9,17,19-22,26-29H,2-5,11H2,1H3/t17-,19+,20+,21-,22-/m1/s1. The van der Waals surface area contributed by atoms with Crippen LogP contribution in [0, 0.1) is 16.0 Å². The van der Waals surface area contributed by atoms with Crippen LogP contribution in [0.3, 0.4) is 0 Å². The van der Waals surface area contributed by atoms with E-state index >= 15 is 0 Å². The molecule has 0 radical (unpaired) electrons. The highest BCUT2D eigenvalue weighted by Crippen LogP contribution is 2.39. The van der Waals surface area contributed by atoms with Gasteiger partial charge in [-0.1, -0.05) is 24.4 Å². The first kappa shape index (κ1) is 22.9. The van der Waals surface area contributed by atoms with Crippen LogP contribution in [0.5, 0.6) is 5.75 Å². The van der Waals surface area contributed by atoms with Gasteiger partial charge in [0.25, 0.3) is 0 Å². The molecule has 170 valence electrons. The first-order valence-electron chi connectivity index (χ1n) is 10.6. The molecule has 1 fully saturated rings. The summed E-state index contributed by atoms with van der Waals surface area (Å²) in [7, 11) is 1.59. The average Bonchev–Trinajstić information content (AvgIpc) is 2.83. The number of hydrogen-bond donors (Lipinski definition) is 4. The van der Waals surface area contributed by atoms with Gasteiger partial charge in [0.1, 0.15) is 40.9 Å². The van der Waals surface area contributed by atoms with Crippen molar-refractivity contribution in [3.8, 4) is 22.9 Å². The third-order valence-electron chi connectivity index (χ3n) is 6.33. The smallest absolute Gasteiger partial charge is 0.164 e. The van der Waals surface area contributed by atoms with Crippen molar-refractivity contribution >= 4 is 12.2 Å². The second-order valence-corrected chi connectivity index (χ2v) is 8.50. The van der Waals surface area contributed by atoms with E-state index in [-0.39, 0.29) is 10.2 Å². The van der Waals surface area contributed by atoms with Gasteiger partial charge in [0.2, 0.25) is 0 Å². The van der Waals surface area contributed by atoms with Gasteiger partial charge in [-0.25, -0.2) is 0 Å². The van der Waals surface area contributed by atoms with Gasteiger partial charge in [-0.3, -0.25) is 0 Å². The molecule has 5 atom stereocenters. The van der Waals surface area contributed by atoms with Crippen LogP contribution < -0.4 is 4.74 Å². The highest BCUT2D eigenvalue weighted by Gasteiger charge is 2.45. The van der Waals surface area contributed by atoms with Gasteiger partial charge in [-0.15, -0.1) is 0 Å². The van der Waals surface area contributed by atoms with E-state index in [1.807, 2.05) is 24.3 Å². The number of hydrogen-bond acceptors (Lipinski definition) is 8. The molecular formula is C23H26N2O6S. The molecule has 4 rings (SSSR count). The number of rotatable bonds is 4. The van der Waals surface area contributed by atoms with E-state index in [4.69, 9.17) is 21.7 Å². The van der Waals surface area contributed by atoms with Crippen molar-refractivity contribution in [3.63, 3.8) is 0 Å². The molecule has 0 amide bonds. The maximum Gasteiger partial charge on any atom is 0.164 e. The van der Waals surface area contributed by atoms with Crippen LogP contribution in [0.25, 0.3) is 11.1 Å². The van der Waals surface area contributed by atoms with E-state index < -0.39 is 37.3 Å². The minimum atomic E-state index is -1.53. The van der Waals surface area contributed by atoms with Gasteiger partial charge in [-0.2, -0.15) is 5.26 Å². The molecule has 1 aliphatic carbocycles. The van der Waals surface area contributed by atoms with Gasteiger partial charge in [0, 0.05) is 11.3 Å². The fourth-order valence-electron chi connectivity index (χ4n) is 4.67. The molecule has 4 N–H and O–H groups in total. The Bertz CT molecular complexity index is 1090. The highest BCUT2D eigenvalue weighted by atomic mass is 32.1. The van der Waals surface area contributed by atoms with Crippen molar-refractivity contribution in [1.29, 1.82) is 5.26 Å². The minimum Gasteiger partial charge on any atom is -0.497 e. The summed E-state index contributed by atoms with van der Waals surface area (Å²) in [5.41, 5.74) is 3.66. The topological polar surface area (TPSA) is 128 Å². The summed E-state index contributed by atoms with van der Waals surface area (Å²) in [6.45, 7) is -0.536. The summed E-state index contributed by atoms with van der Waals surface area (Å²) in [4.78, 5) is 0. The number of benzene rings is 1. The third kappa shape index (κ3) is 3.73. The summed E-state index contributed by atoms with van der Waals surface area (Å²) in [5.74, 6) is 0.701. The van der Waals surface area contributed by atoms with Crippen LogP contribution in [0.15, 0.2) is 24.3 Å². The summed E-state index contributed by atoms with van der Waals surface area (Å²) < 4.78 is 12.8. The second-order valence-electron chi connectivity index (χ2n) is 8.12. The molecular weight excluding hydrogens is 432 g/mol. The largest absolute Gasteiger partial charge is 0.497 e. The lowest BCUT2D eigenvalue weighted by Crippen LogP contribution is -2.57. The number of methoxy groups -OCH3 is 1. The molecule has 2 heterocycles. The van der Waals surface area contributed by atoms with E-state index in [9.17, 15) is 25.7 Å². The number of ether oxygens (including phenoxy) is 2. The lowest BCUT2D eigenvalue weighted by molar-refractivity contribution is -0.252. The van der Waals surface area contributed by atoms with Crippen molar-refractivity contribution in [2.24, 2.45) is 0 Å². The Morgan fingerprint density at radius 3 is 2.44 bits per heavy atom. The van der Waals surface area contributed by atoms with Crippen molar-refractivity contribution < 1.29 is 29.9 Å². The quantitative estimate of drug-likeness (QED) is 0.509. The molecule has 0 bridgehead atoms. The summed E-state index contributed by atoms with van der Waals surface area (Å²) >= 11 is 5.71. The zero-order valence-corrected chi connectivity index (χ0v) is 18.5. The Morgan fingerprint density at radius 2 is 1.81 bits per heavy atom. The Kier molecular flexibility index (Phi) is 6.62. The van der Waals surface area contributed by atoms with Crippen molar-refractivity contribution in [2.45, 2.75) is 56.3 Å². The SMILES string of the molecule is COc1ccc(-c2c3c(n([C@@H]4O[C@H](CO)[C@H](O)[C@H](O)[C@H]4O)c(=S)c2C#N)CCCC3)cc1. The number of aliphatic hydroxyl groups is 4. The lowest BCUT2D eigenvalue weighted by Gasteiger charge is -2.42. The van der Waals surface area contributed by atoms with Crippen LogP contribution in [0.4, 0.5) is 0 Å². The number of nitriles is 1. The predicted octanol–water partition coefficient (Wildman–Crippen LogP) is 1.62. The molecule has 1 aliphatic heterocycles. The molecule has 1 aromatic heterocycles. The van der Waals surface area contributed by atoms with E-state index in [0.717, 1.165) is 41.6 Å². The van der Waals surface area contributed by atoms with Gasteiger partial charge in [0.05, 0.1) is 19.3 Å². The van der Waals surface area contributed by atoms with Crippen LogP contribution in [0.1, 0.15) is 35.9 Å². The van der Waals surface area contributed by atoms with E-state index in [2.05, 4.69) is 6.07 Å². The number of nitrogens with zero attached hydrogens (tertiary/aromatic N) is 2. The zero-order chi connectivity index (χ0) is 23.0. The van der Waals surface area contributed by atoms with E-state index in [0.29, 0.717) is 12.2 Å². The molecule has 1 saturated heterocycles. The van der Waals surface area contributed by atoms with Crippen molar-refractivity contribution in [1.82, 2.24) is 4.57 Å². The zero-order valence-electron chi connectivity index (χ0n) is 17.6. The first-order chi connectivity index (χ1) is 15.4. The fraction of sp³-hybridized carbons (Fsp3) is 0.478. The predicted molar refractivity (Wildman–Crippen MR) is 118 cm³/mol. The van der Waals surface area contributed by atoms with Crippen LogP contribution in [-0.2, 0) is 17.6 Å². The number of aliphatic hydroxyl groups excluding tert-OH is 4. The van der Waals surface area contributed by atoms with E-state index in [1.165, 1.54) is 0 Å². The average molecular weight is 459 g/mol. The molecule has 2 aliphatic rings. The summed E-state index contributed by atoms with van der Waals surface area (Å²) in [6, 6.07) is 9.65. The molecule has 9 heteroatoms. The third-order valence-corrected chi connectivity index (χ3v) is 6.73. The normalized spacial score (nSPS) is 27.4. The fourth-order valence-corrected chi connectivity index (χ4v) is 5.03. The molecule has 8 nitrogen and oxygen atoms in total. The van der Waals surface area contributed by atoms with E-state index in [1.54, 1.807) is 11.7 Å². The summed E-state index contributed by atoms with van der Waals surface area (Å²) in [5, 5.41) is 50.9. The van der Waals surface area contributed by atoms with Crippen molar-refractivity contribution in [3.05, 3.63) is 45.7 Å². The highest BCUT2D eigenvalue weighted by molar-refractivity contribution is 7.71. The van der Waals surface area contributed by atoms with Gasteiger partial charge < -0.3 is 34.5 Å². The maximum atomic E-state index is 10.7. The molecule has 0 unspecified atom stereocenters. The molecule has 0 spiro atoms. The lowest BCUT2D eigenvalue weighted by atomic mass is 9.86. The Morgan fingerprint density at radius 1 is 1.12 bits per heavy atom.